The molecule has 4 nitrogen and oxygen atoms in total. The number of carbonyl (C=O) groups is 2. The van der Waals surface area contributed by atoms with Crippen LogP contribution in [-0.4, -0.2) is 36.3 Å². The number of amides is 2. The predicted molar refractivity (Wildman–Crippen MR) is 102 cm³/mol. The number of benzene rings is 1. The van der Waals surface area contributed by atoms with E-state index in [2.05, 4.69) is 12.2 Å². The molecule has 0 bridgehead atoms. The van der Waals surface area contributed by atoms with Gasteiger partial charge in [0.25, 0.3) is 5.91 Å². The molecule has 1 aliphatic heterocycles. The third-order valence-electron chi connectivity index (χ3n) is 4.84. The lowest BCUT2D eigenvalue weighted by molar-refractivity contribution is -0.126. The van der Waals surface area contributed by atoms with Crippen LogP contribution in [0.15, 0.2) is 24.3 Å². The summed E-state index contributed by atoms with van der Waals surface area (Å²) in [4.78, 5) is 26.6. The maximum Gasteiger partial charge on any atom is 0.255 e. The Kier molecular flexibility index (Phi) is 8.26. The fraction of sp³-hybridized carbons (Fsp3) is 0.600. The largest absolute Gasteiger partial charge is 0.356 e. The normalized spacial score (nSPS) is 15.2. The molecule has 2 rings (SSSR count). The van der Waals surface area contributed by atoms with E-state index in [0.29, 0.717) is 23.7 Å². The standard InChI is InChI=1S/C20H29ClN2O2/c1-2-3-4-5-8-13-22-19(24)16-11-14-23(15-12-16)20(25)17-9-6-7-10-18(17)21/h6-7,9-10,16H,2-5,8,11-15H2,1H3,(H,22,24). The molecular weight excluding hydrogens is 336 g/mol. The molecule has 0 aliphatic carbocycles. The van der Waals surface area contributed by atoms with Crippen LogP contribution in [0.2, 0.25) is 5.02 Å². The Labute approximate surface area is 155 Å². The molecule has 1 saturated heterocycles. The number of unbranched alkanes of at least 4 members (excludes halogenated alkanes) is 4. The van der Waals surface area contributed by atoms with Gasteiger partial charge in [0.2, 0.25) is 5.91 Å². The minimum atomic E-state index is -0.0413. The van der Waals surface area contributed by atoms with Gasteiger partial charge in [0, 0.05) is 25.6 Å². The van der Waals surface area contributed by atoms with Crippen molar-refractivity contribution in [2.45, 2.75) is 51.9 Å². The first-order valence-corrected chi connectivity index (χ1v) is 9.82. The first-order valence-electron chi connectivity index (χ1n) is 9.45. The molecule has 0 atom stereocenters. The van der Waals surface area contributed by atoms with E-state index in [-0.39, 0.29) is 17.7 Å². The number of piperidine rings is 1. The van der Waals surface area contributed by atoms with Crippen molar-refractivity contribution in [3.05, 3.63) is 34.9 Å². The molecule has 1 fully saturated rings. The quantitative estimate of drug-likeness (QED) is 0.700. The molecule has 5 heteroatoms. The first kappa shape index (κ1) is 19.8. The maximum atomic E-state index is 12.5. The summed E-state index contributed by atoms with van der Waals surface area (Å²) >= 11 is 6.11. The van der Waals surface area contributed by atoms with E-state index >= 15 is 0 Å². The number of hydrogen-bond acceptors (Lipinski definition) is 2. The molecule has 0 saturated carbocycles. The van der Waals surface area contributed by atoms with E-state index in [0.717, 1.165) is 25.8 Å². The molecule has 1 aliphatic rings. The molecule has 0 spiro atoms. The van der Waals surface area contributed by atoms with Crippen LogP contribution < -0.4 is 5.32 Å². The van der Waals surface area contributed by atoms with Gasteiger partial charge in [-0.2, -0.15) is 0 Å². The van der Waals surface area contributed by atoms with Crippen LogP contribution in [0.5, 0.6) is 0 Å². The lowest BCUT2D eigenvalue weighted by Crippen LogP contribution is -2.43. The molecule has 25 heavy (non-hydrogen) atoms. The second kappa shape index (κ2) is 10.4. The number of nitrogens with one attached hydrogen (secondary N) is 1. The maximum absolute atomic E-state index is 12.5. The van der Waals surface area contributed by atoms with E-state index in [1.54, 1.807) is 17.0 Å². The third kappa shape index (κ3) is 6.03. The van der Waals surface area contributed by atoms with Gasteiger partial charge < -0.3 is 10.2 Å². The Balaban J connectivity index is 1.71. The van der Waals surface area contributed by atoms with Crippen LogP contribution in [0.4, 0.5) is 0 Å². The number of halogens is 1. The summed E-state index contributed by atoms with van der Waals surface area (Å²) in [5, 5.41) is 3.53. The highest BCUT2D eigenvalue weighted by atomic mass is 35.5. The van der Waals surface area contributed by atoms with Crippen molar-refractivity contribution in [2.24, 2.45) is 5.92 Å². The predicted octanol–water partition coefficient (Wildman–Crippen LogP) is 4.28. The van der Waals surface area contributed by atoms with Crippen molar-refractivity contribution in [2.75, 3.05) is 19.6 Å². The van der Waals surface area contributed by atoms with Crippen molar-refractivity contribution in [1.29, 1.82) is 0 Å². The topological polar surface area (TPSA) is 49.4 Å². The molecule has 1 aromatic rings. The van der Waals surface area contributed by atoms with Gasteiger partial charge in [-0.1, -0.05) is 56.3 Å². The van der Waals surface area contributed by atoms with Crippen LogP contribution in [-0.2, 0) is 4.79 Å². The Bertz CT molecular complexity index is 569. The Hall–Kier alpha value is -1.55. The Morgan fingerprint density at radius 1 is 1.12 bits per heavy atom. The molecule has 2 amide bonds. The highest BCUT2D eigenvalue weighted by Gasteiger charge is 2.28. The monoisotopic (exact) mass is 364 g/mol. The van der Waals surface area contributed by atoms with Gasteiger partial charge in [0.15, 0.2) is 0 Å². The highest BCUT2D eigenvalue weighted by Crippen LogP contribution is 2.22. The van der Waals surface area contributed by atoms with Gasteiger partial charge in [0.1, 0.15) is 0 Å². The fourth-order valence-electron chi connectivity index (χ4n) is 3.23. The van der Waals surface area contributed by atoms with Crippen LogP contribution in [0.3, 0.4) is 0 Å². The van der Waals surface area contributed by atoms with Gasteiger partial charge in [-0.25, -0.2) is 0 Å². The van der Waals surface area contributed by atoms with E-state index in [1.807, 2.05) is 12.1 Å². The summed E-state index contributed by atoms with van der Waals surface area (Å²) in [5.41, 5.74) is 0.541. The SMILES string of the molecule is CCCCCCCNC(=O)C1CCN(C(=O)c2ccccc2Cl)CC1. The smallest absolute Gasteiger partial charge is 0.255 e. The second-order valence-electron chi connectivity index (χ2n) is 6.75. The van der Waals surface area contributed by atoms with E-state index in [4.69, 9.17) is 11.6 Å². The first-order chi connectivity index (χ1) is 12.1. The van der Waals surface area contributed by atoms with Crippen LogP contribution in [0.1, 0.15) is 62.2 Å². The van der Waals surface area contributed by atoms with Gasteiger partial charge in [-0.15, -0.1) is 0 Å². The summed E-state index contributed by atoms with van der Waals surface area (Å²) in [6.07, 6.45) is 7.42. The number of nitrogens with zero attached hydrogens (tertiary/aromatic N) is 1. The molecule has 1 heterocycles. The van der Waals surface area contributed by atoms with E-state index in [9.17, 15) is 9.59 Å². The third-order valence-corrected chi connectivity index (χ3v) is 5.17. The fourth-order valence-corrected chi connectivity index (χ4v) is 3.45. The zero-order valence-corrected chi connectivity index (χ0v) is 15.9. The van der Waals surface area contributed by atoms with Gasteiger partial charge in [-0.3, -0.25) is 9.59 Å². The van der Waals surface area contributed by atoms with E-state index < -0.39 is 0 Å². The van der Waals surface area contributed by atoms with Crippen LogP contribution in [0, 0.1) is 5.92 Å². The summed E-state index contributed by atoms with van der Waals surface area (Å²) in [6, 6.07) is 7.12. The molecule has 0 radical (unpaired) electrons. The average Bonchev–Trinajstić information content (AvgIpc) is 2.64. The number of hydrogen-bond donors (Lipinski definition) is 1. The minimum Gasteiger partial charge on any atom is -0.356 e. The Morgan fingerprint density at radius 3 is 2.48 bits per heavy atom. The zero-order valence-electron chi connectivity index (χ0n) is 15.1. The summed E-state index contributed by atoms with van der Waals surface area (Å²) in [6.45, 7) is 4.18. The van der Waals surface area contributed by atoms with Crippen molar-refractivity contribution < 1.29 is 9.59 Å². The molecule has 0 aromatic heterocycles. The van der Waals surface area contributed by atoms with E-state index in [1.165, 1.54) is 25.7 Å². The van der Waals surface area contributed by atoms with Gasteiger partial charge in [0.05, 0.1) is 10.6 Å². The number of carbonyl (C=O) groups excluding carboxylic acids is 2. The molecule has 0 unspecified atom stereocenters. The molecule has 138 valence electrons. The summed E-state index contributed by atoms with van der Waals surface area (Å²) in [7, 11) is 0. The van der Waals surface area contributed by atoms with Crippen LogP contribution in [0.25, 0.3) is 0 Å². The molecule has 1 aromatic carbocycles. The minimum absolute atomic E-state index is 0.0194. The summed E-state index contributed by atoms with van der Waals surface area (Å²) < 4.78 is 0. The molecule has 1 N–H and O–H groups in total. The lowest BCUT2D eigenvalue weighted by Gasteiger charge is -2.31. The highest BCUT2D eigenvalue weighted by molar-refractivity contribution is 6.33. The van der Waals surface area contributed by atoms with Crippen molar-refractivity contribution in [3.8, 4) is 0 Å². The van der Waals surface area contributed by atoms with Gasteiger partial charge >= 0.3 is 0 Å². The average molecular weight is 365 g/mol. The van der Waals surface area contributed by atoms with Crippen molar-refractivity contribution >= 4 is 23.4 Å². The van der Waals surface area contributed by atoms with Crippen LogP contribution >= 0.6 is 11.6 Å². The molecular formula is C20H29ClN2O2. The number of rotatable bonds is 8. The van der Waals surface area contributed by atoms with Crippen molar-refractivity contribution in [1.82, 2.24) is 10.2 Å². The van der Waals surface area contributed by atoms with Gasteiger partial charge in [-0.05, 0) is 31.4 Å². The van der Waals surface area contributed by atoms with Crippen molar-refractivity contribution in [3.63, 3.8) is 0 Å². The zero-order chi connectivity index (χ0) is 18.1. The second-order valence-corrected chi connectivity index (χ2v) is 7.16. The lowest BCUT2D eigenvalue weighted by atomic mass is 9.95. The Morgan fingerprint density at radius 2 is 1.80 bits per heavy atom. The summed E-state index contributed by atoms with van der Waals surface area (Å²) in [5.74, 6) is 0.117. The number of likely N-dealkylation sites (tertiary alicyclic amines) is 1.